The second kappa shape index (κ2) is 24.7. The lowest BCUT2D eigenvalue weighted by Gasteiger charge is -2.23. The van der Waals surface area contributed by atoms with Crippen LogP contribution in [0.4, 0.5) is 17.8 Å². The average Bonchev–Trinajstić information content (AvgIpc) is 4.18. The predicted molar refractivity (Wildman–Crippen MR) is 266 cm³/mol. The fraction of sp³-hybridized carbons (Fsp3) is 0.581. The van der Waals surface area contributed by atoms with Gasteiger partial charge in [-0.1, -0.05) is 61.7 Å². The first-order valence-corrected chi connectivity index (χ1v) is 25.5. The van der Waals surface area contributed by atoms with Gasteiger partial charge >= 0.3 is 32.5 Å². The Labute approximate surface area is 426 Å². The number of nitrogen functional groups attached to an aromatic ring is 3. The van der Waals surface area contributed by atoms with Crippen molar-refractivity contribution in [2.45, 2.75) is 130 Å². The Morgan fingerprint density at radius 2 is 1.08 bits per heavy atom. The van der Waals surface area contributed by atoms with Crippen LogP contribution < -0.4 is 31.8 Å². The van der Waals surface area contributed by atoms with Gasteiger partial charge in [0.15, 0.2) is 41.6 Å². The maximum Gasteiger partial charge on any atom is 0.311 e. The van der Waals surface area contributed by atoms with E-state index in [1.807, 2.05) is 27.7 Å². The van der Waals surface area contributed by atoms with Crippen LogP contribution in [0, 0.1) is 17.8 Å². The van der Waals surface area contributed by atoms with Crippen LogP contribution in [-0.2, 0) is 42.8 Å². The molecule has 0 spiro atoms. The summed E-state index contributed by atoms with van der Waals surface area (Å²) in [5.41, 5.74) is 17.7. The number of carbonyl (C=O) groups is 3. The van der Waals surface area contributed by atoms with E-state index in [-0.39, 0.29) is 81.3 Å². The van der Waals surface area contributed by atoms with E-state index in [1.54, 1.807) is 0 Å². The first-order chi connectivity index (χ1) is 34.8. The largest absolute Gasteiger partial charge is 0.457 e. The summed E-state index contributed by atoms with van der Waals surface area (Å²) >= 11 is 2.99. The molecule has 10 N–H and O–H groups in total. The van der Waals surface area contributed by atoms with Gasteiger partial charge in [-0.2, -0.15) is 15.0 Å². The first kappa shape index (κ1) is 56.2. The molecule has 0 radical (unpaired) electrons. The molecule has 0 bridgehead atoms. The first-order valence-electron chi connectivity index (χ1n) is 23.0. The number of aromatic amines is 1. The molecule has 1 unspecified atom stereocenters. The van der Waals surface area contributed by atoms with Gasteiger partial charge < -0.3 is 60.9 Å². The van der Waals surface area contributed by atoms with Crippen LogP contribution in [0.5, 0.6) is 0 Å². The van der Waals surface area contributed by atoms with Crippen LogP contribution in [0.2, 0.25) is 0 Å². The molecule has 12 atom stereocenters. The molecule has 3 aliphatic heterocycles. The van der Waals surface area contributed by atoms with Gasteiger partial charge in [-0.05, 0) is 25.7 Å². The number of thiazole rings is 3. The number of esters is 3. The van der Waals surface area contributed by atoms with Crippen molar-refractivity contribution < 1.29 is 58.1 Å². The van der Waals surface area contributed by atoms with E-state index in [1.165, 1.54) is 48.5 Å². The topological polar surface area (TPSA) is 400 Å². The molecule has 73 heavy (non-hydrogen) atoms. The van der Waals surface area contributed by atoms with Crippen LogP contribution in [-0.4, -0.2) is 133 Å². The van der Waals surface area contributed by atoms with Crippen LogP contribution in [0.3, 0.4) is 0 Å². The third-order valence-corrected chi connectivity index (χ3v) is 14.5. The Morgan fingerprint density at radius 3 is 1.56 bits per heavy atom. The molecule has 6 aromatic heterocycles. The van der Waals surface area contributed by atoms with Crippen molar-refractivity contribution in [1.29, 1.82) is 0 Å². The third-order valence-electron chi connectivity index (χ3n) is 12.0. The number of aliphatic hydroxyl groups excluding tert-OH is 3. The van der Waals surface area contributed by atoms with Gasteiger partial charge in [-0.3, -0.25) is 42.9 Å². The van der Waals surface area contributed by atoms with Crippen molar-refractivity contribution in [3.63, 3.8) is 0 Å². The Kier molecular flexibility index (Phi) is 19.0. The molecule has 9 heterocycles. The highest BCUT2D eigenvalue weighted by atomic mass is 32.1. The lowest BCUT2D eigenvalue weighted by molar-refractivity contribution is -0.194. The number of aromatic nitrogens is 9. The standard InChI is InChI=1S/C15H20N4O4S.C12H20O5.C11H14N4O5S.C5H4N4OS/c1-4-8-9(5-2)23-13(11(8)22-7(3)20)19-12-10(24-15(19)21)6-17-14(16)18-12;1-5-9-10(6-2)17-12(16-8(4)14)11(9)15-7(3)13;12-10-13-1-6-8(14-10)15(11(19)21-6)9-7(18)4(2-16)5(3-17)20-9;6-4-7-1-2-3(8-4)9-5(10)11-2/h6,8-9,11,13H,4-5H2,1-3H3,(H2,16,17,18);9-12H,5-6H2,1-4H3;1,4-5,7,9,16-18H,2-3H2,(H2,12,13,14);1H,(H3,6,7,8,9,10)/t8-,9-,11-,13-;9-,10-,11-,12?;4-,5-,7-,9-;/m111./s1. The number of carbonyl (C=O) groups excluding carboxylic acids is 3. The maximum atomic E-state index is 12.5. The van der Waals surface area contributed by atoms with Gasteiger partial charge in [0.25, 0.3) is 0 Å². The number of rotatable bonds is 11. The molecule has 27 nitrogen and oxygen atoms in total. The molecule has 0 saturated carbocycles. The molecule has 0 amide bonds. The molecule has 3 saturated heterocycles. The SMILES string of the molecule is CC[C@@H]1[C@@H](CC)OC(OC(C)=O)[C@@H]1OC(C)=O.CC[C@H]1[C@@H](OC(C)=O)[C@H](n2c(=O)sc3cnc(N)nc32)O[C@@H]1CC.Nc1ncc2sc(=O)[nH]c2n1.Nc1ncc2sc(=O)n([C@@H]3O[C@H](CO)[C@@H](CO)[C@H]3O)c2n1. The van der Waals surface area contributed by atoms with E-state index in [9.17, 15) is 44.1 Å². The van der Waals surface area contributed by atoms with E-state index < -0.39 is 61.0 Å². The second-order valence-corrected chi connectivity index (χ2v) is 19.7. The Balaban J connectivity index is 0.000000164. The molecule has 398 valence electrons. The highest BCUT2D eigenvalue weighted by molar-refractivity contribution is 7.16. The van der Waals surface area contributed by atoms with Crippen LogP contribution in [0.25, 0.3) is 31.0 Å². The summed E-state index contributed by atoms with van der Waals surface area (Å²) in [5.74, 6) is -1.55. The fourth-order valence-corrected chi connectivity index (χ4v) is 11.1. The summed E-state index contributed by atoms with van der Waals surface area (Å²) in [6.45, 7) is 11.3. The maximum absolute atomic E-state index is 12.5. The van der Waals surface area contributed by atoms with Crippen molar-refractivity contribution in [3.05, 3.63) is 47.6 Å². The smallest absolute Gasteiger partial charge is 0.311 e. The molecule has 30 heteroatoms. The lowest BCUT2D eigenvalue weighted by Crippen LogP contribution is -2.34. The minimum atomic E-state index is -1.14. The number of nitrogens with two attached hydrogens (primary N) is 3. The number of aliphatic hydroxyl groups is 3. The highest BCUT2D eigenvalue weighted by Gasteiger charge is 2.49. The Morgan fingerprint density at radius 1 is 0.616 bits per heavy atom. The zero-order valence-electron chi connectivity index (χ0n) is 40.7. The monoisotopic (exact) mass is 1080 g/mol. The summed E-state index contributed by atoms with van der Waals surface area (Å²) in [7, 11) is 0. The van der Waals surface area contributed by atoms with Gasteiger partial charge in [0.1, 0.15) is 6.10 Å². The van der Waals surface area contributed by atoms with Gasteiger partial charge in [-0.25, -0.2) is 15.0 Å². The molecule has 0 aliphatic carbocycles. The third kappa shape index (κ3) is 12.8. The number of hydrogen-bond acceptors (Lipinski definition) is 27. The quantitative estimate of drug-likeness (QED) is 0.0715. The summed E-state index contributed by atoms with van der Waals surface area (Å²) in [4.78, 5) is 94.2. The van der Waals surface area contributed by atoms with E-state index in [4.69, 9.17) is 45.6 Å². The lowest BCUT2D eigenvalue weighted by atomic mass is 9.93. The van der Waals surface area contributed by atoms with Gasteiger partial charge in [0.05, 0.1) is 64.2 Å². The molecule has 3 aliphatic rings. The van der Waals surface area contributed by atoms with Gasteiger partial charge in [0, 0.05) is 38.5 Å². The highest BCUT2D eigenvalue weighted by Crippen LogP contribution is 2.41. The van der Waals surface area contributed by atoms with E-state index in [0.29, 0.717) is 20.7 Å². The number of fused-ring (bicyclic) bond motifs is 3. The van der Waals surface area contributed by atoms with Crippen molar-refractivity contribution >= 4 is 101 Å². The number of H-pyrrole nitrogens is 1. The Hall–Kier alpha value is -6.12. The van der Waals surface area contributed by atoms with E-state index in [0.717, 1.165) is 64.4 Å². The summed E-state index contributed by atoms with van der Waals surface area (Å²) in [6, 6.07) is 0. The molecular formula is C43H58N12O15S3. The van der Waals surface area contributed by atoms with Crippen molar-refractivity contribution in [3.8, 4) is 0 Å². The number of nitrogens with one attached hydrogen (secondary N) is 1. The van der Waals surface area contributed by atoms with Gasteiger partial charge in [0.2, 0.25) is 24.1 Å². The number of anilines is 3. The Bertz CT molecular complexity index is 3050. The summed E-state index contributed by atoms with van der Waals surface area (Å²) < 4.78 is 37.5. The molecule has 0 aromatic carbocycles. The minimum absolute atomic E-state index is 0.000969. The molecule has 9 rings (SSSR count). The summed E-state index contributed by atoms with van der Waals surface area (Å²) in [5, 5.41) is 28.8. The number of hydrogen-bond donors (Lipinski definition) is 7. The number of ether oxygens (including phenoxy) is 6. The second-order valence-electron chi connectivity index (χ2n) is 16.7. The van der Waals surface area contributed by atoms with Crippen LogP contribution in [0.15, 0.2) is 33.0 Å². The zero-order chi connectivity index (χ0) is 53.4. The molecule has 3 fully saturated rings. The van der Waals surface area contributed by atoms with Crippen molar-refractivity contribution in [1.82, 2.24) is 44.0 Å². The van der Waals surface area contributed by atoms with Gasteiger partial charge in [-0.15, -0.1) is 0 Å². The fourth-order valence-electron chi connectivity index (χ4n) is 8.80. The zero-order valence-corrected chi connectivity index (χ0v) is 43.1. The van der Waals surface area contributed by atoms with Crippen molar-refractivity contribution in [2.75, 3.05) is 30.4 Å². The summed E-state index contributed by atoms with van der Waals surface area (Å²) in [6.07, 6.45) is 2.06. The van der Waals surface area contributed by atoms with Crippen LogP contribution in [0.1, 0.15) is 86.6 Å². The predicted octanol–water partition coefficient (Wildman–Crippen LogP) is 1.60. The normalized spacial score (nSPS) is 26.3. The number of nitrogens with zero attached hydrogens (tertiary/aromatic N) is 8. The molecular weight excluding hydrogens is 1020 g/mol. The average molecular weight is 1080 g/mol. The van der Waals surface area contributed by atoms with E-state index >= 15 is 0 Å². The van der Waals surface area contributed by atoms with Crippen LogP contribution >= 0.6 is 34.0 Å². The molecule has 6 aromatic rings. The minimum Gasteiger partial charge on any atom is -0.457 e. The van der Waals surface area contributed by atoms with Crippen molar-refractivity contribution in [2.24, 2.45) is 17.8 Å². The van der Waals surface area contributed by atoms with E-state index in [2.05, 4.69) is 34.9 Å².